The second kappa shape index (κ2) is 9.24. The molecule has 3 aromatic rings. The molecule has 29 heavy (non-hydrogen) atoms. The third-order valence-corrected chi connectivity index (χ3v) is 4.91. The number of nitro groups is 1. The third-order valence-electron chi connectivity index (χ3n) is 4.05. The lowest BCUT2D eigenvalue weighted by Crippen LogP contribution is -2.12. The summed E-state index contributed by atoms with van der Waals surface area (Å²) in [5, 5.41) is 26.4. The van der Waals surface area contributed by atoms with E-state index in [0.29, 0.717) is 23.3 Å². The number of nitrogens with one attached hydrogen (secondary N) is 2. The fraction of sp³-hybridized carbons (Fsp3) is 0.250. The first-order chi connectivity index (χ1) is 13.9. The molecule has 2 aromatic carbocycles. The normalized spacial score (nSPS) is 10.7. The van der Waals surface area contributed by atoms with Gasteiger partial charge in [0.1, 0.15) is 10.7 Å². The van der Waals surface area contributed by atoms with E-state index in [2.05, 4.69) is 34.7 Å². The van der Waals surface area contributed by atoms with Crippen LogP contribution in [0.2, 0.25) is 0 Å². The van der Waals surface area contributed by atoms with Gasteiger partial charge in [0.2, 0.25) is 5.13 Å². The zero-order valence-electron chi connectivity index (χ0n) is 16.1. The monoisotopic (exact) mass is 411 g/mol. The van der Waals surface area contributed by atoms with Crippen LogP contribution in [0.15, 0.2) is 48.5 Å². The maximum atomic E-state index is 12.5. The van der Waals surface area contributed by atoms with Crippen molar-refractivity contribution in [2.24, 2.45) is 5.92 Å². The van der Waals surface area contributed by atoms with Gasteiger partial charge < -0.3 is 5.32 Å². The van der Waals surface area contributed by atoms with E-state index < -0.39 is 10.8 Å². The van der Waals surface area contributed by atoms with E-state index in [4.69, 9.17) is 0 Å². The van der Waals surface area contributed by atoms with Gasteiger partial charge in [-0.25, -0.2) is 0 Å². The van der Waals surface area contributed by atoms with Crippen molar-refractivity contribution in [3.05, 3.63) is 74.8 Å². The fourth-order valence-electron chi connectivity index (χ4n) is 2.67. The van der Waals surface area contributed by atoms with E-state index >= 15 is 0 Å². The van der Waals surface area contributed by atoms with Gasteiger partial charge in [-0.2, -0.15) is 0 Å². The first-order valence-electron chi connectivity index (χ1n) is 9.12. The zero-order valence-corrected chi connectivity index (χ0v) is 16.9. The highest BCUT2D eigenvalue weighted by molar-refractivity contribution is 7.15. The maximum absolute atomic E-state index is 12.5. The number of hydrogen-bond acceptors (Lipinski definition) is 7. The number of rotatable bonds is 8. The quantitative estimate of drug-likeness (QED) is 0.417. The summed E-state index contributed by atoms with van der Waals surface area (Å²) in [5.74, 6) is -0.0277. The van der Waals surface area contributed by atoms with Crippen LogP contribution < -0.4 is 10.6 Å². The number of carbonyl (C=O) groups is 1. The minimum absolute atomic E-state index is 0.161. The van der Waals surface area contributed by atoms with Crippen molar-refractivity contribution in [1.29, 1.82) is 0 Å². The van der Waals surface area contributed by atoms with Crippen molar-refractivity contribution in [2.45, 2.75) is 26.8 Å². The Bertz CT molecular complexity index is 1000. The van der Waals surface area contributed by atoms with Crippen molar-refractivity contribution >= 4 is 33.8 Å². The number of nitro benzene ring substituents is 1. The van der Waals surface area contributed by atoms with Crippen molar-refractivity contribution in [3.63, 3.8) is 0 Å². The molecular weight excluding hydrogens is 390 g/mol. The molecule has 0 saturated carbocycles. The summed E-state index contributed by atoms with van der Waals surface area (Å²) in [6.45, 7) is 4.59. The van der Waals surface area contributed by atoms with Gasteiger partial charge in [0.25, 0.3) is 11.6 Å². The summed E-state index contributed by atoms with van der Waals surface area (Å²) in [6, 6.07) is 13.9. The summed E-state index contributed by atoms with van der Waals surface area (Å²) >= 11 is 1.30. The highest BCUT2D eigenvalue weighted by Crippen LogP contribution is 2.27. The topological polar surface area (TPSA) is 110 Å². The Morgan fingerprint density at radius 1 is 1.17 bits per heavy atom. The Balaban J connectivity index is 1.72. The average molecular weight is 411 g/mol. The number of hydrogen-bond donors (Lipinski definition) is 2. The summed E-state index contributed by atoms with van der Waals surface area (Å²) in [4.78, 5) is 23.5. The minimum Gasteiger partial charge on any atom is -0.375 e. The molecule has 1 aromatic heterocycles. The predicted octanol–water partition coefficient (Wildman–Crippen LogP) is 4.51. The molecule has 0 aliphatic carbocycles. The third kappa shape index (κ3) is 5.58. The second-order valence-corrected chi connectivity index (χ2v) is 7.94. The molecule has 0 aliphatic heterocycles. The van der Waals surface area contributed by atoms with Crippen molar-refractivity contribution in [3.8, 4) is 0 Å². The summed E-state index contributed by atoms with van der Waals surface area (Å²) < 4.78 is 0. The van der Waals surface area contributed by atoms with Crippen LogP contribution in [-0.4, -0.2) is 21.0 Å². The number of aromatic nitrogens is 2. The van der Waals surface area contributed by atoms with Crippen LogP contribution in [0.5, 0.6) is 0 Å². The summed E-state index contributed by atoms with van der Waals surface area (Å²) in [5.41, 5.74) is 1.37. The minimum atomic E-state index is -0.504. The van der Waals surface area contributed by atoms with E-state index in [1.807, 2.05) is 30.3 Å². The van der Waals surface area contributed by atoms with Crippen LogP contribution in [0.25, 0.3) is 0 Å². The molecule has 0 unspecified atom stereocenters. The molecule has 1 heterocycles. The lowest BCUT2D eigenvalue weighted by molar-refractivity contribution is -0.384. The zero-order chi connectivity index (χ0) is 20.8. The largest absolute Gasteiger partial charge is 0.375 e. The Kier molecular flexibility index (Phi) is 6.50. The van der Waals surface area contributed by atoms with Gasteiger partial charge >= 0.3 is 0 Å². The van der Waals surface area contributed by atoms with Gasteiger partial charge in [0.05, 0.1) is 4.92 Å². The molecule has 2 N–H and O–H groups in total. The van der Waals surface area contributed by atoms with E-state index in [0.717, 1.165) is 17.0 Å². The first kappa shape index (κ1) is 20.4. The Hall–Kier alpha value is -3.33. The van der Waals surface area contributed by atoms with E-state index in [-0.39, 0.29) is 11.3 Å². The van der Waals surface area contributed by atoms with E-state index in [1.54, 1.807) is 12.1 Å². The molecule has 150 valence electrons. The van der Waals surface area contributed by atoms with Crippen LogP contribution >= 0.6 is 11.3 Å². The van der Waals surface area contributed by atoms with Gasteiger partial charge in [-0.1, -0.05) is 55.5 Å². The molecule has 9 heteroatoms. The van der Waals surface area contributed by atoms with Crippen LogP contribution in [0.4, 0.5) is 16.5 Å². The van der Waals surface area contributed by atoms with Gasteiger partial charge in [-0.3, -0.25) is 20.2 Å². The second-order valence-electron chi connectivity index (χ2n) is 6.88. The fourth-order valence-corrected chi connectivity index (χ4v) is 3.62. The molecule has 3 rings (SSSR count). The smallest absolute Gasteiger partial charge is 0.293 e. The van der Waals surface area contributed by atoms with Crippen LogP contribution in [-0.2, 0) is 13.0 Å². The van der Waals surface area contributed by atoms with Gasteiger partial charge in [0.15, 0.2) is 0 Å². The number of nitrogens with zero attached hydrogens (tertiary/aromatic N) is 3. The molecular formula is C20H21N5O3S. The predicted molar refractivity (Wildman–Crippen MR) is 113 cm³/mol. The highest BCUT2D eigenvalue weighted by atomic mass is 32.1. The molecule has 0 fully saturated rings. The van der Waals surface area contributed by atoms with Gasteiger partial charge in [-0.15, -0.1) is 10.2 Å². The maximum Gasteiger partial charge on any atom is 0.293 e. The molecule has 1 amide bonds. The Morgan fingerprint density at radius 3 is 2.62 bits per heavy atom. The van der Waals surface area contributed by atoms with Gasteiger partial charge in [-0.05, 0) is 23.6 Å². The Morgan fingerprint density at radius 2 is 1.93 bits per heavy atom. The van der Waals surface area contributed by atoms with Crippen LogP contribution in [0.1, 0.15) is 34.8 Å². The number of carbonyl (C=O) groups excluding carboxylic acids is 1. The standard InChI is InChI=1S/C20H21N5O3S/c1-13(2)10-18-23-24-20(29-18)22-19(26)15-8-9-16(17(11-15)25(27)28)21-12-14-6-4-3-5-7-14/h3-9,11,13,21H,10,12H2,1-2H3,(H,22,24,26). The number of anilines is 2. The summed E-state index contributed by atoms with van der Waals surface area (Å²) in [7, 11) is 0. The first-order valence-corrected chi connectivity index (χ1v) is 9.94. The molecule has 0 radical (unpaired) electrons. The molecule has 0 aliphatic rings. The molecule has 8 nitrogen and oxygen atoms in total. The number of amides is 1. The van der Waals surface area contributed by atoms with Crippen molar-refractivity contribution in [2.75, 3.05) is 10.6 Å². The summed E-state index contributed by atoms with van der Waals surface area (Å²) in [6.07, 6.45) is 0.779. The van der Waals surface area contributed by atoms with Crippen molar-refractivity contribution in [1.82, 2.24) is 10.2 Å². The van der Waals surface area contributed by atoms with E-state index in [9.17, 15) is 14.9 Å². The van der Waals surface area contributed by atoms with Gasteiger partial charge in [0, 0.05) is 24.6 Å². The van der Waals surface area contributed by atoms with Crippen molar-refractivity contribution < 1.29 is 9.72 Å². The molecule has 0 atom stereocenters. The number of benzene rings is 2. The molecule has 0 spiro atoms. The lowest BCUT2D eigenvalue weighted by atomic mass is 10.1. The molecule has 0 saturated heterocycles. The van der Waals surface area contributed by atoms with E-state index in [1.165, 1.54) is 17.4 Å². The lowest BCUT2D eigenvalue weighted by Gasteiger charge is -2.09. The SMILES string of the molecule is CC(C)Cc1nnc(NC(=O)c2ccc(NCc3ccccc3)c([N+](=O)[O-])c2)s1. The Labute approximate surface area is 172 Å². The van der Waals surface area contributed by atoms with Crippen LogP contribution in [0.3, 0.4) is 0 Å². The molecule has 0 bridgehead atoms. The highest BCUT2D eigenvalue weighted by Gasteiger charge is 2.18. The average Bonchev–Trinajstić information content (AvgIpc) is 3.12. The van der Waals surface area contributed by atoms with Crippen LogP contribution in [0, 0.1) is 16.0 Å².